The van der Waals surface area contributed by atoms with Crippen LogP contribution in [-0.4, -0.2) is 11.7 Å². The predicted molar refractivity (Wildman–Crippen MR) is 61.7 cm³/mol. The van der Waals surface area contributed by atoms with E-state index in [1.54, 1.807) is 0 Å². The third kappa shape index (κ3) is 1.46. The average molecular weight is 208 g/mol. The van der Waals surface area contributed by atoms with Crippen molar-refractivity contribution < 1.29 is 4.74 Å². The summed E-state index contributed by atoms with van der Waals surface area (Å²) in [5, 5.41) is 0. The van der Waals surface area contributed by atoms with Gasteiger partial charge >= 0.3 is 0 Å². The molecule has 4 aliphatic carbocycles. The Hall–Kier alpha value is -0.0400. The molecule has 4 rings (SSSR count). The van der Waals surface area contributed by atoms with Gasteiger partial charge in [-0.05, 0) is 62.7 Å². The molecule has 0 amide bonds. The second-order valence-corrected chi connectivity index (χ2v) is 6.68. The summed E-state index contributed by atoms with van der Waals surface area (Å²) in [7, 11) is 0. The van der Waals surface area contributed by atoms with E-state index in [2.05, 4.69) is 20.8 Å². The van der Waals surface area contributed by atoms with Crippen molar-refractivity contribution in [1.29, 1.82) is 0 Å². The Bertz CT molecular complexity index is 244. The quantitative estimate of drug-likeness (QED) is 0.688. The zero-order valence-electron chi connectivity index (χ0n) is 10.3. The average Bonchev–Trinajstić information content (AvgIpc) is 2.50. The molecule has 3 atom stereocenters. The van der Waals surface area contributed by atoms with Gasteiger partial charge in [-0.1, -0.05) is 13.8 Å². The molecule has 2 unspecified atom stereocenters. The normalized spacial score (nSPS) is 49.2. The summed E-state index contributed by atoms with van der Waals surface area (Å²) < 4.78 is 6.49. The zero-order chi connectivity index (χ0) is 10.6. The molecular weight excluding hydrogens is 184 g/mol. The van der Waals surface area contributed by atoms with E-state index in [4.69, 9.17) is 4.74 Å². The van der Waals surface area contributed by atoms with Crippen LogP contribution in [-0.2, 0) is 4.74 Å². The van der Waals surface area contributed by atoms with Gasteiger partial charge < -0.3 is 4.74 Å². The number of ether oxygens (including phenoxy) is 1. The van der Waals surface area contributed by atoms with Crippen LogP contribution in [0.5, 0.6) is 0 Å². The molecule has 0 spiro atoms. The van der Waals surface area contributed by atoms with Crippen LogP contribution in [0.1, 0.15) is 52.9 Å². The molecule has 0 aromatic carbocycles. The van der Waals surface area contributed by atoms with Gasteiger partial charge in [-0.2, -0.15) is 0 Å². The van der Waals surface area contributed by atoms with Crippen molar-refractivity contribution >= 4 is 0 Å². The van der Waals surface area contributed by atoms with Gasteiger partial charge in [-0.15, -0.1) is 0 Å². The Balaban J connectivity index is 1.75. The van der Waals surface area contributed by atoms with E-state index in [0.717, 1.165) is 17.8 Å². The molecule has 4 saturated carbocycles. The van der Waals surface area contributed by atoms with E-state index >= 15 is 0 Å². The highest BCUT2D eigenvalue weighted by atomic mass is 16.5. The molecule has 15 heavy (non-hydrogen) atoms. The largest absolute Gasteiger partial charge is 0.371 e. The van der Waals surface area contributed by atoms with Gasteiger partial charge in [0.15, 0.2) is 0 Å². The van der Waals surface area contributed by atoms with Gasteiger partial charge in [0.25, 0.3) is 0 Å². The van der Waals surface area contributed by atoms with Crippen LogP contribution in [0, 0.1) is 23.7 Å². The summed E-state index contributed by atoms with van der Waals surface area (Å²) in [5.41, 5.74) is 0.331. The van der Waals surface area contributed by atoms with Crippen molar-refractivity contribution in [2.75, 3.05) is 0 Å². The molecule has 4 fully saturated rings. The highest BCUT2D eigenvalue weighted by molar-refractivity contribution is 5.09. The first-order chi connectivity index (χ1) is 7.09. The van der Waals surface area contributed by atoms with Crippen LogP contribution < -0.4 is 0 Å². The van der Waals surface area contributed by atoms with E-state index in [1.807, 2.05) is 0 Å². The minimum atomic E-state index is 0.331. The number of hydrogen-bond acceptors (Lipinski definition) is 1. The smallest absolute Gasteiger partial charge is 0.0719 e. The van der Waals surface area contributed by atoms with Gasteiger partial charge in [0.1, 0.15) is 0 Å². The summed E-state index contributed by atoms with van der Waals surface area (Å²) in [4.78, 5) is 0. The number of rotatable bonds is 3. The van der Waals surface area contributed by atoms with Crippen molar-refractivity contribution in [3.8, 4) is 0 Å². The fourth-order valence-corrected chi connectivity index (χ4v) is 4.42. The van der Waals surface area contributed by atoms with Crippen LogP contribution >= 0.6 is 0 Å². The monoisotopic (exact) mass is 208 g/mol. The molecule has 0 aromatic rings. The van der Waals surface area contributed by atoms with Crippen LogP contribution in [0.25, 0.3) is 0 Å². The Labute approximate surface area is 93.6 Å². The summed E-state index contributed by atoms with van der Waals surface area (Å²) in [5.74, 6) is 3.61. The van der Waals surface area contributed by atoms with Crippen LogP contribution in [0.2, 0.25) is 0 Å². The first kappa shape index (κ1) is 10.1. The lowest BCUT2D eigenvalue weighted by Gasteiger charge is -2.36. The lowest BCUT2D eigenvalue weighted by atomic mass is 9.81. The van der Waals surface area contributed by atoms with Gasteiger partial charge in [0, 0.05) is 0 Å². The molecule has 0 N–H and O–H groups in total. The van der Waals surface area contributed by atoms with Gasteiger partial charge in [0.05, 0.1) is 11.7 Å². The van der Waals surface area contributed by atoms with Crippen molar-refractivity contribution in [3.05, 3.63) is 0 Å². The minimum absolute atomic E-state index is 0.331. The maximum atomic E-state index is 6.49. The summed E-state index contributed by atoms with van der Waals surface area (Å²) in [6.45, 7) is 6.82. The molecule has 4 bridgehead atoms. The van der Waals surface area contributed by atoms with Gasteiger partial charge in [-0.3, -0.25) is 0 Å². The van der Waals surface area contributed by atoms with E-state index in [9.17, 15) is 0 Å². The topological polar surface area (TPSA) is 9.23 Å². The second kappa shape index (κ2) is 3.23. The second-order valence-electron chi connectivity index (χ2n) is 6.68. The van der Waals surface area contributed by atoms with Gasteiger partial charge in [0.2, 0.25) is 0 Å². The van der Waals surface area contributed by atoms with Crippen LogP contribution in [0.4, 0.5) is 0 Å². The fourth-order valence-electron chi connectivity index (χ4n) is 4.42. The Kier molecular flexibility index (Phi) is 2.18. The molecule has 86 valence electrons. The first-order valence-corrected chi connectivity index (χ1v) is 6.77. The predicted octanol–water partition coefficient (Wildman–Crippen LogP) is 3.63. The summed E-state index contributed by atoms with van der Waals surface area (Å²) in [6.07, 6.45) is 7.67. The Morgan fingerprint density at radius 3 is 2.13 bits per heavy atom. The van der Waals surface area contributed by atoms with E-state index in [1.165, 1.54) is 32.1 Å². The van der Waals surface area contributed by atoms with Crippen molar-refractivity contribution in [2.24, 2.45) is 23.7 Å². The molecule has 0 saturated heterocycles. The van der Waals surface area contributed by atoms with E-state index in [-0.39, 0.29) is 0 Å². The molecule has 0 aromatic heterocycles. The van der Waals surface area contributed by atoms with Crippen molar-refractivity contribution in [1.82, 2.24) is 0 Å². The third-order valence-corrected chi connectivity index (χ3v) is 5.27. The number of hydrogen-bond donors (Lipinski definition) is 0. The lowest BCUT2D eigenvalue weighted by molar-refractivity contribution is -0.119. The standard InChI is InChI=1S/C14H24O/c1-9(2)10(3)15-14-7-11-4-12(8-14)6-13(14)5-11/h9-13H,4-8H2,1-3H3/t10-,11?,12?,13?,14?/m0/s1. The van der Waals surface area contributed by atoms with Crippen LogP contribution in [0.3, 0.4) is 0 Å². The molecule has 1 nitrogen and oxygen atoms in total. The summed E-state index contributed by atoms with van der Waals surface area (Å²) >= 11 is 0. The molecule has 0 heterocycles. The van der Waals surface area contributed by atoms with Gasteiger partial charge in [-0.25, -0.2) is 0 Å². The highest BCUT2D eigenvalue weighted by Gasteiger charge is 2.59. The molecule has 1 heteroatoms. The van der Waals surface area contributed by atoms with E-state index in [0.29, 0.717) is 17.6 Å². The molecule has 0 aliphatic heterocycles. The zero-order valence-corrected chi connectivity index (χ0v) is 10.3. The van der Waals surface area contributed by atoms with Crippen LogP contribution in [0.15, 0.2) is 0 Å². The molecule has 0 radical (unpaired) electrons. The fraction of sp³-hybridized carbons (Fsp3) is 1.00. The van der Waals surface area contributed by atoms with Crippen molar-refractivity contribution in [3.63, 3.8) is 0 Å². The SMILES string of the molecule is CC(C)[C@H](C)OC12CC3CC(CC1C3)C2. The molecular formula is C14H24O. The summed E-state index contributed by atoms with van der Waals surface area (Å²) in [6, 6.07) is 0. The first-order valence-electron chi connectivity index (χ1n) is 6.77. The lowest BCUT2D eigenvalue weighted by Crippen LogP contribution is -2.38. The highest BCUT2D eigenvalue weighted by Crippen LogP contribution is 2.62. The Morgan fingerprint density at radius 1 is 1.00 bits per heavy atom. The Morgan fingerprint density at radius 2 is 1.60 bits per heavy atom. The third-order valence-electron chi connectivity index (χ3n) is 5.27. The van der Waals surface area contributed by atoms with E-state index < -0.39 is 0 Å². The van der Waals surface area contributed by atoms with Crippen molar-refractivity contribution in [2.45, 2.75) is 64.6 Å². The maximum absolute atomic E-state index is 6.49. The minimum Gasteiger partial charge on any atom is -0.371 e. The molecule has 4 aliphatic rings. The maximum Gasteiger partial charge on any atom is 0.0719 e.